The van der Waals surface area contributed by atoms with E-state index in [1.165, 1.54) is 32.6 Å². The molecular weight excluding hydrogens is 426 g/mol. The Labute approximate surface area is 171 Å². The highest BCUT2D eigenvalue weighted by Crippen LogP contribution is 2.49. The molecule has 0 saturated carbocycles. The van der Waals surface area contributed by atoms with Crippen LogP contribution in [-0.2, 0) is 15.3 Å². The van der Waals surface area contributed by atoms with Crippen molar-refractivity contribution in [3.05, 3.63) is 57.6 Å². The van der Waals surface area contributed by atoms with Gasteiger partial charge in [-0.25, -0.2) is 0 Å². The van der Waals surface area contributed by atoms with Crippen molar-refractivity contribution in [3.8, 4) is 17.2 Å². The minimum absolute atomic E-state index is 0.105. The molecular formula is C19H21F3NO6P. The lowest BCUT2D eigenvalue weighted by Crippen LogP contribution is -2.14. The SMILES string of the molecule is CCOP(C)(=O)C(C)Oc1cc(Oc2ccc(C(F)(F)F)cc2C)ccc1[N+](=O)[O-]. The molecule has 0 aromatic heterocycles. The molecule has 0 bridgehead atoms. The Bertz CT molecular complexity index is 979. The van der Waals surface area contributed by atoms with Crippen LogP contribution in [-0.4, -0.2) is 24.0 Å². The van der Waals surface area contributed by atoms with Crippen LogP contribution in [0.4, 0.5) is 18.9 Å². The Balaban J connectivity index is 2.34. The van der Waals surface area contributed by atoms with E-state index in [1.807, 2.05) is 0 Å². The average molecular weight is 447 g/mol. The number of ether oxygens (including phenoxy) is 2. The quantitative estimate of drug-likeness (QED) is 0.265. The van der Waals surface area contributed by atoms with E-state index in [2.05, 4.69) is 0 Å². The fourth-order valence-corrected chi connectivity index (χ4v) is 3.54. The number of alkyl halides is 3. The van der Waals surface area contributed by atoms with Crippen LogP contribution in [0.5, 0.6) is 17.2 Å². The molecule has 0 fully saturated rings. The maximum Gasteiger partial charge on any atom is 0.416 e. The van der Waals surface area contributed by atoms with E-state index in [4.69, 9.17) is 14.0 Å². The number of nitro groups is 1. The van der Waals surface area contributed by atoms with Gasteiger partial charge in [-0.1, -0.05) is 0 Å². The number of benzene rings is 2. The molecule has 0 aliphatic rings. The van der Waals surface area contributed by atoms with Crippen molar-refractivity contribution in [1.29, 1.82) is 0 Å². The van der Waals surface area contributed by atoms with Crippen LogP contribution in [0.2, 0.25) is 0 Å². The van der Waals surface area contributed by atoms with Crippen molar-refractivity contribution in [2.45, 2.75) is 32.8 Å². The molecule has 2 aromatic rings. The molecule has 2 atom stereocenters. The topological polar surface area (TPSA) is 87.9 Å². The van der Waals surface area contributed by atoms with Gasteiger partial charge >= 0.3 is 11.9 Å². The van der Waals surface area contributed by atoms with Crippen molar-refractivity contribution in [2.75, 3.05) is 13.3 Å². The first-order valence-corrected chi connectivity index (χ1v) is 11.0. The first kappa shape index (κ1) is 23.7. The molecule has 0 amide bonds. The van der Waals surface area contributed by atoms with Crippen LogP contribution in [0.3, 0.4) is 0 Å². The van der Waals surface area contributed by atoms with Crippen molar-refractivity contribution in [3.63, 3.8) is 0 Å². The second-order valence-electron chi connectivity index (χ2n) is 6.51. The lowest BCUT2D eigenvalue weighted by Gasteiger charge is -2.21. The molecule has 0 N–H and O–H groups in total. The molecule has 0 saturated heterocycles. The molecule has 0 heterocycles. The number of hydrogen-bond donors (Lipinski definition) is 0. The zero-order valence-corrected chi connectivity index (χ0v) is 17.6. The number of hydrogen-bond acceptors (Lipinski definition) is 6. The number of aryl methyl sites for hydroxylation is 1. The zero-order valence-electron chi connectivity index (χ0n) is 16.7. The van der Waals surface area contributed by atoms with Gasteiger partial charge in [0.1, 0.15) is 11.5 Å². The maximum atomic E-state index is 12.8. The molecule has 2 unspecified atom stereocenters. The Morgan fingerprint density at radius 3 is 2.37 bits per heavy atom. The molecule has 0 radical (unpaired) electrons. The molecule has 2 rings (SSSR count). The summed E-state index contributed by atoms with van der Waals surface area (Å²) in [6.07, 6.45) is -4.48. The van der Waals surface area contributed by atoms with Crippen LogP contribution < -0.4 is 9.47 Å². The van der Waals surface area contributed by atoms with E-state index in [0.717, 1.165) is 24.3 Å². The van der Waals surface area contributed by atoms with Crippen molar-refractivity contribution >= 4 is 13.1 Å². The molecule has 0 aliphatic heterocycles. The minimum Gasteiger partial charge on any atom is -0.473 e. The minimum atomic E-state index is -4.48. The summed E-state index contributed by atoms with van der Waals surface area (Å²) in [5.74, 6) is -0.921. The van der Waals surface area contributed by atoms with Crippen LogP contribution >= 0.6 is 7.37 Å². The smallest absolute Gasteiger partial charge is 0.416 e. The van der Waals surface area contributed by atoms with E-state index in [0.29, 0.717) is 0 Å². The molecule has 0 spiro atoms. The van der Waals surface area contributed by atoms with E-state index in [9.17, 15) is 27.9 Å². The Morgan fingerprint density at radius 1 is 1.17 bits per heavy atom. The van der Waals surface area contributed by atoms with E-state index < -0.39 is 29.9 Å². The first-order valence-electron chi connectivity index (χ1n) is 8.87. The maximum absolute atomic E-state index is 12.8. The fourth-order valence-electron chi connectivity index (χ4n) is 2.51. The molecule has 164 valence electrons. The normalized spacial score (nSPS) is 14.6. The lowest BCUT2D eigenvalue weighted by molar-refractivity contribution is -0.386. The Kier molecular flexibility index (Phi) is 7.15. The predicted octanol–water partition coefficient (Wildman–Crippen LogP) is 6.38. The first-order chi connectivity index (χ1) is 13.8. The highest BCUT2D eigenvalue weighted by molar-refractivity contribution is 7.58. The van der Waals surface area contributed by atoms with Gasteiger partial charge in [0.2, 0.25) is 13.1 Å². The number of halogens is 3. The van der Waals surface area contributed by atoms with Crippen molar-refractivity contribution < 1.29 is 36.7 Å². The third-order valence-corrected chi connectivity index (χ3v) is 6.40. The largest absolute Gasteiger partial charge is 0.473 e. The van der Waals surface area contributed by atoms with Crippen LogP contribution in [0.15, 0.2) is 36.4 Å². The van der Waals surface area contributed by atoms with Crippen LogP contribution in [0, 0.1) is 17.0 Å². The molecule has 7 nitrogen and oxygen atoms in total. The zero-order chi connectivity index (χ0) is 22.7. The Morgan fingerprint density at radius 2 is 1.83 bits per heavy atom. The summed E-state index contributed by atoms with van der Waals surface area (Å²) in [7, 11) is -3.20. The highest BCUT2D eigenvalue weighted by Gasteiger charge is 2.31. The van der Waals surface area contributed by atoms with E-state index in [-0.39, 0.29) is 35.1 Å². The standard InChI is InChI=1S/C19H21F3NO6P/c1-5-27-30(4,26)13(3)28-18-11-15(7-8-16(18)23(24)25)29-17-9-6-14(10-12(17)2)19(20,21)22/h6-11,13H,5H2,1-4H3. The number of nitro benzene ring substituents is 1. The van der Waals surface area contributed by atoms with Gasteiger partial charge in [-0.2, -0.15) is 13.2 Å². The van der Waals surface area contributed by atoms with Crippen molar-refractivity contribution in [2.24, 2.45) is 0 Å². The lowest BCUT2D eigenvalue weighted by atomic mass is 10.1. The molecule has 0 aliphatic carbocycles. The van der Waals surface area contributed by atoms with E-state index in [1.54, 1.807) is 6.92 Å². The summed E-state index contributed by atoms with van der Waals surface area (Å²) in [6, 6.07) is 6.63. The second kappa shape index (κ2) is 9.06. The fraction of sp³-hybridized carbons (Fsp3) is 0.368. The summed E-state index contributed by atoms with van der Waals surface area (Å²) < 4.78 is 67.3. The van der Waals surface area contributed by atoms with Gasteiger partial charge < -0.3 is 14.0 Å². The van der Waals surface area contributed by atoms with Gasteiger partial charge in [0.25, 0.3) is 0 Å². The van der Waals surface area contributed by atoms with Gasteiger partial charge in [0.05, 0.1) is 17.1 Å². The average Bonchev–Trinajstić information content (AvgIpc) is 2.62. The molecule has 30 heavy (non-hydrogen) atoms. The third kappa shape index (κ3) is 5.73. The molecule has 2 aromatic carbocycles. The number of nitrogens with zero attached hydrogens (tertiary/aromatic N) is 1. The van der Waals surface area contributed by atoms with Crippen LogP contribution in [0.1, 0.15) is 25.0 Å². The van der Waals surface area contributed by atoms with Gasteiger partial charge in [-0.15, -0.1) is 0 Å². The van der Waals surface area contributed by atoms with Gasteiger partial charge in [-0.05, 0) is 50.6 Å². The summed E-state index contributed by atoms with van der Waals surface area (Å²) in [5, 5.41) is 11.3. The summed E-state index contributed by atoms with van der Waals surface area (Å²) in [5.41, 5.74) is -0.966. The summed E-state index contributed by atoms with van der Waals surface area (Å²) in [6.45, 7) is 6.11. The predicted molar refractivity (Wildman–Crippen MR) is 105 cm³/mol. The van der Waals surface area contributed by atoms with Crippen molar-refractivity contribution in [1.82, 2.24) is 0 Å². The van der Waals surface area contributed by atoms with Crippen LogP contribution in [0.25, 0.3) is 0 Å². The third-order valence-electron chi connectivity index (χ3n) is 4.20. The highest BCUT2D eigenvalue weighted by atomic mass is 31.2. The van der Waals surface area contributed by atoms with Gasteiger partial charge in [0, 0.05) is 18.8 Å². The van der Waals surface area contributed by atoms with Gasteiger partial charge in [0.15, 0.2) is 5.85 Å². The Hall–Kier alpha value is -2.58. The summed E-state index contributed by atoms with van der Waals surface area (Å²) in [4.78, 5) is 10.6. The number of rotatable bonds is 8. The van der Waals surface area contributed by atoms with E-state index >= 15 is 0 Å². The second-order valence-corrected chi connectivity index (χ2v) is 9.31. The summed E-state index contributed by atoms with van der Waals surface area (Å²) >= 11 is 0. The molecule has 11 heteroatoms. The van der Waals surface area contributed by atoms with Gasteiger partial charge in [-0.3, -0.25) is 14.7 Å². The monoisotopic (exact) mass is 447 g/mol.